The van der Waals surface area contributed by atoms with Gasteiger partial charge in [0.15, 0.2) is 0 Å². The molecule has 1 N–H and O–H groups in total. The third-order valence-corrected chi connectivity index (χ3v) is 2.38. The van der Waals surface area contributed by atoms with Crippen molar-refractivity contribution in [2.24, 2.45) is 0 Å². The van der Waals surface area contributed by atoms with Crippen LogP contribution < -0.4 is 5.32 Å². The Kier molecular flexibility index (Phi) is 6.19. The zero-order valence-corrected chi connectivity index (χ0v) is 10.5. The van der Waals surface area contributed by atoms with Crippen molar-refractivity contribution in [3.05, 3.63) is 24.2 Å². The molecular formula is C13H23NO2. The van der Waals surface area contributed by atoms with Gasteiger partial charge in [0.2, 0.25) is 0 Å². The summed E-state index contributed by atoms with van der Waals surface area (Å²) < 4.78 is 10.7. The maximum atomic E-state index is 5.66. The topological polar surface area (TPSA) is 34.4 Å². The van der Waals surface area contributed by atoms with Crippen LogP contribution in [-0.4, -0.2) is 25.3 Å². The van der Waals surface area contributed by atoms with E-state index in [4.69, 9.17) is 9.15 Å². The van der Waals surface area contributed by atoms with Gasteiger partial charge >= 0.3 is 0 Å². The molecule has 0 saturated carbocycles. The molecule has 16 heavy (non-hydrogen) atoms. The van der Waals surface area contributed by atoms with Gasteiger partial charge in [-0.05, 0) is 44.9 Å². The highest BCUT2D eigenvalue weighted by Gasteiger charge is 2.10. The number of nitrogens with one attached hydrogen (secondary N) is 1. The normalized spacial score (nSPS) is 13.2. The molecule has 1 rings (SSSR count). The molecule has 0 fully saturated rings. The van der Waals surface area contributed by atoms with E-state index in [1.54, 1.807) is 12.5 Å². The molecule has 1 heterocycles. The van der Waals surface area contributed by atoms with E-state index in [0.717, 1.165) is 26.0 Å². The summed E-state index contributed by atoms with van der Waals surface area (Å²) in [5.41, 5.74) is 1.22. The van der Waals surface area contributed by atoms with Crippen LogP contribution >= 0.6 is 0 Å². The van der Waals surface area contributed by atoms with Gasteiger partial charge in [-0.3, -0.25) is 0 Å². The number of hydrogen-bond acceptors (Lipinski definition) is 3. The zero-order chi connectivity index (χ0) is 11.8. The molecule has 0 amide bonds. The molecule has 3 nitrogen and oxygen atoms in total. The molecule has 0 aliphatic heterocycles. The quantitative estimate of drug-likeness (QED) is 0.738. The van der Waals surface area contributed by atoms with Gasteiger partial charge in [-0.25, -0.2) is 0 Å². The third-order valence-electron chi connectivity index (χ3n) is 2.38. The fraction of sp³-hybridized carbons (Fsp3) is 0.692. The monoisotopic (exact) mass is 225 g/mol. The molecule has 0 aromatic carbocycles. The van der Waals surface area contributed by atoms with E-state index in [9.17, 15) is 0 Å². The molecule has 0 aliphatic carbocycles. The number of furan rings is 1. The van der Waals surface area contributed by atoms with Crippen molar-refractivity contribution in [2.75, 3.05) is 13.2 Å². The Morgan fingerprint density at radius 2 is 2.25 bits per heavy atom. The molecule has 0 saturated heterocycles. The summed E-state index contributed by atoms with van der Waals surface area (Å²) in [5, 5.41) is 3.50. The van der Waals surface area contributed by atoms with E-state index in [0.29, 0.717) is 6.04 Å². The largest absolute Gasteiger partial charge is 0.472 e. The van der Waals surface area contributed by atoms with Gasteiger partial charge in [-0.1, -0.05) is 6.92 Å². The molecule has 0 bridgehead atoms. The second-order valence-electron chi connectivity index (χ2n) is 4.37. The van der Waals surface area contributed by atoms with Crippen molar-refractivity contribution in [3.8, 4) is 0 Å². The van der Waals surface area contributed by atoms with Crippen LogP contribution in [0.1, 0.15) is 32.8 Å². The number of rotatable bonds is 8. The molecule has 1 unspecified atom stereocenters. The molecule has 1 aromatic rings. The lowest BCUT2D eigenvalue weighted by Gasteiger charge is -2.19. The lowest BCUT2D eigenvalue weighted by molar-refractivity contribution is 0.0613. The predicted molar refractivity (Wildman–Crippen MR) is 65.6 cm³/mol. The predicted octanol–water partition coefficient (Wildman–Crippen LogP) is 2.62. The van der Waals surface area contributed by atoms with Gasteiger partial charge in [-0.2, -0.15) is 0 Å². The Labute approximate surface area is 98.2 Å². The molecular weight excluding hydrogens is 202 g/mol. The van der Waals surface area contributed by atoms with Crippen LogP contribution in [0.5, 0.6) is 0 Å². The highest BCUT2D eigenvalue weighted by atomic mass is 16.5. The number of hydrogen-bond donors (Lipinski definition) is 1. The van der Waals surface area contributed by atoms with Crippen molar-refractivity contribution >= 4 is 0 Å². The summed E-state index contributed by atoms with van der Waals surface area (Å²) >= 11 is 0. The summed E-state index contributed by atoms with van der Waals surface area (Å²) in [6.07, 6.45) is 5.91. The summed E-state index contributed by atoms with van der Waals surface area (Å²) in [6.45, 7) is 8.08. The number of ether oxygens (including phenoxy) is 1. The Hall–Kier alpha value is -0.800. The lowest BCUT2D eigenvalue weighted by Crippen LogP contribution is -2.36. The summed E-state index contributed by atoms with van der Waals surface area (Å²) in [4.78, 5) is 0. The first-order valence-corrected chi connectivity index (χ1v) is 6.08. The van der Waals surface area contributed by atoms with Crippen molar-refractivity contribution in [2.45, 2.75) is 45.8 Å². The van der Waals surface area contributed by atoms with Crippen molar-refractivity contribution in [3.63, 3.8) is 0 Å². The standard InChI is InChI=1S/C13H23NO2/c1-4-6-14-13(10-16-11(2)3)8-12-5-7-15-9-12/h5,7,9,11,13-14H,4,6,8,10H2,1-3H3. The Bertz CT molecular complexity index is 257. The maximum Gasteiger partial charge on any atom is 0.0935 e. The fourth-order valence-corrected chi connectivity index (χ4v) is 1.54. The van der Waals surface area contributed by atoms with Crippen molar-refractivity contribution < 1.29 is 9.15 Å². The minimum atomic E-state index is 0.287. The Balaban J connectivity index is 2.36. The van der Waals surface area contributed by atoms with E-state index in [-0.39, 0.29) is 6.10 Å². The summed E-state index contributed by atoms with van der Waals surface area (Å²) in [7, 11) is 0. The third kappa shape index (κ3) is 5.33. The SMILES string of the molecule is CCCNC(COC(C)C)Cc1ccoc1. The van der Waals surface area contributed by atoms with Gasteiger partial charge in [-0.15, -0.1) is 0 Å². The van der Waals surface area contributed by atoms with Crippen LogP contribution in [-0.2, 0) is 11.2 Å². The minimum Gasteiger partial charge on any atom is -0.472 e. The first kappa shape index (κ1) is 13.3. The van der Waals surface area contributed by atoms with Gasteiger partial charge in [0.05, 0.1) is 25.2 Å². The van der Waals surface area contributed by atoms with E-state index in [1.807, 2.05) is 6.07 Å². The Morgan fingerprint density at radius 1 is 1.44 bits per heavy atom. The molecule has 92 valence electrons. The van der Waals surface area contributed by atoms with Crippen LogP contribution in [0.15, 0.2) is 23.0 Å². The van der Waals surface area contributed by atoms with Crippen molar-refractivity contribution in [1.29, 1.82) is 0 Å². The minimum absolute atomic E-state index is 0.287. The molecule has 1 aromatic heterocycles. The molecule has 3 heteroatoms. The highest BCUT2D eigenvalue weighted by molar-refractivity contribution is 5.07. The van der Waals surface area contributed by atoms with Gasteiger partial charge in [0, 0.05) is 6.04 Å². The lowest BCUT2D eigenvalue weighted by atomic mass is 10.1. The van der Waals surface area contributed by atoms with Crippen LogP contribution in [0.25, 0.3) is 0 Å². The average Bonchev–Trinajstić information content (AvgIpc) is 2.74. The second-order valence-corrected chi connectivity index (χ2v) is 4.37. The van der Waals surface area contributed by atoms with Gasteiger partial charge in [0.25, 0.3) is 0 Å². The van der Waals surface area contributed by atoms with Crippen LogP contribution in [0.2, 0.25) is 0 Å². The van der Waals surface area contributed by atoms with E-state index in [1.165, 1.54) is 5.56 Å². The first-order chi connectivity index (χ1) is 7.72. The van der Waals surface area contributed by atoms with Crippen LogP contribution in [0, 0.1) is 0 Å². The molecule has 0 radical (unpaired) electrons. The van der Waals surface area contributed by atoms with E-state index < -0.39 is 0 Å². The van der Waals surface area contributed by atoms with E-state index in [2.05, 4.69) is 26.1 Å². The molecule has 0 spiro atoms. The van der Waals surface area contributed by atoms with Crippen LogP contribution in [0.4, 0.5) is 0 Å². The van der Waals surface area contributed by atoms with Crippen LogP contribution in [0.3, 0.4) is 0 Å². The summed E-state index contributed by atoms with van der Waals surface area (Å²) in [5.74, 6) is 0. The van der Waals surface area contributed by atoms with Crippen molar-refractivity contribution in [1.82, 2.24) is 5.32 Å². The molecule has 0 aliphatic rings. The maximum absolute atomic E-state index is 5.66. The molecule has 1 atom stereocenters. The highest BCUT2D eigenvalue weighted by Crippen LogP contribution is 2.05. The fourth-order valence-electron chi connectivity index (χ4n) is 1.54. The van der Waals surface area contributed by atoms with E-state index >= 15 is 0 Å². The first-order valence-electron chi connectivity index (χ1n) is 6.08. The van der Waals surface area contributed by atoms with Gasteiger partial charge < -0.3 is 14.5 Å². The Morgan fingerprint density at radius 3 is 2.81 bits per heavy atom. The smallest absolute Gasteiger partial charge is 0.0935 e. The summed E-state index contributed by atoms with van der Waals surface area (Å²) in [6, 6.07) is 2.38. The zero-order valence-electron chi connectivity index (χ0n) is 10.5. The second kappa shape index (κ2) is 7.47. The van der Waals surface area contributed by atoms with Gasteiger partial charge in [0.1, 0.15) is 0 Å². The average molecular weight is 225 g/mol.